The highest BCUT2D eigenvalue weighted by Crippen LogP contribution is 2.45. The van der Waals surface area contributed by atoms with Crippen molar-refractivity contribution in [3.05, 3.63) is 99.9 Å². The standard InChI is InChI=1S/C31H26Cl2F3N3O6S/c1-15(29(40)41-2)43-28-26(39-13-23(37-38-39)17-10-21(34)25(36)22(35)11-17)27-24(14-42-30(45-27)16-6-4-3-5-7-16)44-31(28)46-18-8-9-19(32)20(33)12-18/h3-13,15,24,26-28,30-31H,14H2,1-2H3/t15?,24-,26+,27+,28-,30?,31-/m1/s1. The molecular formula is C31H26Cl2F3N3O6S. The Bertz CT molecular complexity index is 1700. The van der Waals surface area contributed by atoms with Crippen molar-refractivity contribution in [2.24, 2.45) is 0 Å². The van der Waals surface area contributed by atoms with E-state index in [9.17, 15) is 18.0 Å². The Labute approximate surface area is 275 Å². The van der Waals surface area contributed by atoms with Crippen LogP contribution in [-0.4, -0.2) is 64.5 Å². The SMILES string of the molecule is COC(=O)C(C)O[C@@H]1[C@@H](n2cc(-c3cc(F)c(F)c(F)c3)nn2)[C@H]2OC(c3ccccc3)OC[C@H]2O[C@@H]1Sc1ccc(Cl)c(Cl)c1. The molecule has 2 unspecified atom stereocenters. The van der Waals surface area contributed by atoms with Gasteiger partial charge in [-0.15, -0.1) is 5.10 Å². The first kappa shape index (κ1) is 32.8. The van der Waals surface area contributed by atoms with Crippen LogP contribution >= 0.6 is 35.0 Å². The summed E-state index contributed by atoms with van der Waals surface area (Å²) in [5.41, 5.74) is -0.0298. The molecule has 3 heterocycles. The van der Waals surface area contributed by atoms with Crippen molar-refractivity contribution in [2.75, 3.05) is 13.7 Å². The third-order valence-electron chi connectivity index (χ3n) is 7.51. The van der Waals surface area contributed by atoms with Crippen LogP contribution in [0, 0.1) is 17.5 Å². The molecular weight excluding hydrogens is 670 g/mol. The molecule has 1 aromatic heterocycles. The van der Waals surface area contributed by atoms with Gasteiger partial charge in [0.05, 0.1) is 30.0 Å². The predicted octanol–water partition coefficient (Wildman–Crippen LogP) is 6.79. The molecule has 46 heavy (non-hydrogen) atoms. The van der Waals surface area contributed by atoms with Gasteiger partial charge in [0.15, 0.2) is 29.8 Å². The number of hydrogen-bond donors (Lipinski definition) is 0. The fourth-order valence-electron chi connectivity index (χ4n) is 5.29. The van der Waals surface area contributed by atoms with Gasteiger partial charge < -0.3 is 23.7 Å². The smallest absolute Gasteiger partial charge is 0.334 e. The minimum absolute atomic E-state index is 0.0385. The molecule has 0 spiro atoms. The van der Waals surface area contributed by atoms with Crippen LogP contribution in [0.15, 0.2) is 71.8 Å². The summed E-state index contributed by atoms with van der Waals surface area (Å²) in [6, 6.07) is 15.2. The van der Waals surface area contributed by atoms with Gasteiger partial charge in [0.2, 0.25) is 0 Å². The van der Waals surface area contributed by atoms with Crippen molar-refractivity contribution >= 4 is 40.9 Å². The summed E-state index contributed by atoms with van der Waals surface area (Å²) in [7, 11) is 1.24. The highest BCUT2D eigenvalue weighted by atomic mass is 35.5. The zero-order chi connectivity index (χ0) is 32.5. The molecule has 4 aromatic rings. The second kappa shape index (κ2) is 13.9. The Morgan fingerprint density at radius 2 is 1.78 bits per heavy atom. The van der Waals surface area contributed by atoms with E-state index >= 15 is 0 Å². The number of hydrogen-bond acceptors (Lipinski definition) is 9. The Balaban J connectivity index is 1.43. The zero-order valence-electron chi connectivity index (χ0n) is 24.2. The summed E-state index contributed by atoms with van der Waals surface area (Å²) >= 11 is 13.7. The lowest BCUT2D eigenvalue weighted by molar-refractivity contribution is -0.312. The van der Waals surface area contributed by atoms with Gasteiger partial charge in [-0.05, 0) is 37.3 Å². The second-order valence-corrected chi connectivity index (χ2v) is 12.5. The van der Waals surface area contributed by atoms with Crippen molar-refractivity contribution in [3.8, 4) is 11.3 Å². The lowest BCUT2D eigenvalue weighted by atomic mass is 9.95. The van der Waals surface area contributed by atoms with E-state index in [1.54, 1.807) is 18.2 Å². The molecule has 242 valence electrons. The number of carbonyl (C=O) groups is 1. The van der Waals surface area contributed by atoms with Crippen LogP contribution in [0.25, 0.3) is 11.3 Å². The number of benzene rings is 3. The van der Waals surface area contributed by atoms with E-state index in [2.05, 4.69) is 10.3 Å². The summed E-state index contributed by atoms with van der Waals surface area (Å²) in [4.78, 5) is 13.2. The Kier molecular flexibility index (Phi) is 9.90. The summed E-state index contributed by atoms with van der Waals surface area (Å²) in [5.74, 6) is -4.98. The van der Waals surface area contributed by atoms with Gasteiger partial charge in [0.25, 0.3) is 0 Å². The monoisotopic (exact) mass is 695 g/mol. The van der Waals surface area contributed by atoms with Crippen molar-refractivity contribution < 1.29 is 41.7 Å². The molecule has 6 rings (SSSR count). The van der Waals surface area contributed by atoms with Gasteiger partial charge in [-0.3, -0.25) is 0 Å². The molecule has 3 aromatic carbocycles. The van der Waals surface area contributed by atoms with Gasteiger partial charge in [-0.25, -0.2) is 22.6 Å². The molecule has 9 nitrogen and oxygen atoms in total. The van der Waals surface area contributed by atoms with Gasteiger partial charge in [-0.1, -0.05) is 70.5 Å². The van der Waals surface area contributed by atoms with Gasteiger partial charge in [-0.2, -0.15) is 0 Å². The molecule has 2 fully saturated rings. The number of halogens is 5. The number of rotatable bonds is 8. The van der Waals surface area contributed by atoms with Crippen LogP contribution in [-0.2, 0) is 28.5 Å². The summed E-state index contributed by atoms with van der Waals surface area (Å²) in [6.07, 6.45) is -2.80. The van der Waals surface area contributed by atoms with Crippen LogP contribution in [0.5, 0.6) is 0 Å². The van der Waals surface area contributed by atoms with Crippen molar-refractivity contribution in [1.29, 1.82) is 0 Å². The zero-order valence-corrected chi connectivity index (χ0v) is 26.5. The first-order valence-electron chi connectivity index (χ1n) is 14.0. The van der Waals surface area contributed by atoms with E-state index < -0.39 is 65.6 Å². The number of thioether (sulfide) groups is 1. The number of esters is 1. The van der Waals surface area contributed by atoms with E-state index in [-0.39, 0.29) is 17.9 Å². The molecule has 0 amide bonds. The maximum absolute atomic E-state index is 14.1. The Morgan fingerprint density at radius 1 is 1.04 bits per heavy atom. The molecule has 15 heteroatoms. The van der Waals surface area contributed by atoms with Crippen LogP contribution in [0.1, 0.15) is 24.8 Å². The average molecular weight is 697 g/mol. The molecule has 0 radical (unpaired) electrons. The number of carbonyl (C=O) groups excluding carboxylic acids is 1. The Morgan fingerprint density at radius 3 is 2.48 bits per heavy atom. The van der Waals surface area contributed by atoms with Crippen molar-refractivity contribution in [1.82, 2.24) is 15.0 Å². The topological polar surface area (TPSA) is 93.9 Å². The van der Waals surface area contributed by atoms with E-state index in [4.69, 9.17) is 46.9 Å². The minimum Gasteiger partial charge on any atom is -0.467 e. The number of fused-ring (bicyclic) bond motifs is 1. The lowest BCUT2D eigenvalue weighted by Gasteiger charge is -2.49. The normalized spacial score (nSPS) is 25.1. The fraction of sp³-hybridized carbons (Fsp3) is 0.323. The van der Waals surface area contributed by atoms with Crippen LogP contribution in [0.3, 0.4) is 0 Å². The van der Waals surface area contributed by atoms with Crippen LogP contribution in [0.2, 0.25) is 10.0 Å². The fourth-order valence-corrected chi connectivity index (χ4v) is 6.81. The molecule has 2 saturated heterocycles. The number of nitrogens with zero attached hydrogens (tertiary/aromatic N) is 3. The summed E-state index contributed by atoms with van der Waals surface area (Å²) in [6.45, 7) is 1.65. The molecule has 2 aliphatic heterocycles. The van der Waals surface area contributed by atoms with E-state index in [0.29, 0.717) is 14.9 Å². The Hall–Kier alpha value is -3.17. The van der Waals surface area contributed by atoms with Crippen LogP contribution in [0.4, 0.5) is 13.2 Å². The first-order chi connectivity index (χ1) is 22.1. The number of methoxy groups -OCH3 is 1. The second-order valence-electron chi connectivity index (χ2n) is 10.5. The predicted molar refractivity (Wildman–Crippen MR) is 162 cm³/mol. The molecule has 0 aliphatic carbocycles. The maximum atomic E-state index is 14.1. The number of ether oxygens (including phenoxy) is 5. The third kappa shape index (κ3) is 6.77. The molecule has 0 bridgehead atoms. The molecule has 0 saturated carbocycles. The average Bonchev–Trinajstić information content (AvgIpc) is 3.55. The molecule has 2 aliphatic rings. The van der Waals surface area contributed by atoms with Gasteiger partial charge >= 0.3 is 5.97 Å². The van der Waals surface area contributed by atoms with Gasteiger partial charge in [0.1, 0.15) is 35.5 Å². The van der Waals surface area contributed by atoms with Gasteiger partial charge in [0, 0.05) is 16.0 Å². The molecule has 7 atom stereocenters. The summed E-state index contributed by atoms with van der Waals surface area (Å²) < 4.78 is 73.8. The first-order valence-corrected chi connectivity index (χ1v) is 15.7. The largest absolute Gasteiger partial charge is 0.467 e. The van der Waals surface area contributed by atoms with Crippen molar-refractivity contribution in [2.45, 2.75) is 54.0 Å². The minimum atomic E-state index is -1.60. The van der Waals surface area contributed by atoms with E-state index in [1.807, 2.05) is 30.3 Å². The van der Waals surface area contributed by atoms with Crippen molar-refractivity contribution in [3.63, 3.8) is 0 Å². The van der Waals surface area contributed by atoms with E-state index in [0.717, 1.165) is 17.7 Å². The third-order valence-corrected chi connectivity index (χ3v) is 9.39. The highest BCUT2D eigenvalue weighted by molar-refractivity contribution is 7.99. The quantitative estimate of drug-likeness (QED) is 0.146. The lowest BCUT2D eigenvalue weighted by Crippen LogP contribution is -2.60. The van der Waals surface area contributed by atoms with Crippen LogP contribution < -0.4 is 0 Å². The maximum Gasteiger partial charge on any atom is 0.334 e. The molecule has 0 N–H and O–H groups in total. The summed E-state index contributed by atoms with van der Waals surface area (Å²) in [5, 5.41) is 9.10. The number of aromatic nitrogens is 3. The highest BCUT2D eigenvalue weighted by Gasteiger charge is 2.53. The van der Waals surface area contributed by atoms with E-state index in [1.165, 1.54) is 36.7 Å².